The van der Waals surface area contributed by atoms with Crippen molar-refractivity contribution in [3.63, 3.8) is 0 Å². The highest BCUT2D eigenvalue weighted by Gasteiger charge is 2.31. The summed E-state index contributed by atoms with van der Waals surface area (Å²) in [5.74, 6) is -0.850. The molecule has 1 aromatic carbocycles. The summed E-state index contributed by atoms with van der Waals surface area (Å²) in [5, 5.41) is 0.533. The van der Waals surface area contributed by atoms with Crippen molar-refractivity contribution >= 4 is 46.0 Å². The number of hydrogen-bond donors (Lipinski definition) is 0. The number of carbonyl (C=O) groups is 3. The molecule has 0 aromatic heterocycles. The normalized spacial score (nSPS) is 11.8. The van der Waals surface area contributed by atoms with Gasteiger partial charge >= 0.3 is 5.97 Å². The Morgan fingerprint density at radius 2 is 1.33 bits per heavy atom. The lowest BCUT2D eigenvalue weighted by Gasteiger charge is -2.30. The number of benzene rings is 1. The van der Waals surface area contributed by atoms with Gasteiger partial charge in [-0.15, -0.1) is 0 Å². The number of nitrogens with zero attached hydrogens (tertiary/aromatic N) is 1. The van der Waals surface area contributed by atoms with Gasteiger partial charge in [-0.05, 0) is 44.4 Å². The van der Waals surface area contributed by atoms with Crippen molar-refractivity contribution in [2.24, 2.45) is 0 Å². The largest absolute Gasteiger partial charge is 0.467 e. The number of aryl methyl sites for hydroxylation is 1. The van der Waals surface area contributed by atoms with Crippen LogP contribution in [0.2, 0.25) is 5.02 Å². The van der Waals surface area contributed by atoms with Gasteiger partial charge in [0, 0.05) is 11.4 Å². The molecule has 0 bridgehead atoms. The number of anilines is 1. The lowest BCUT2D eigenvalue weighted by Crippen LogP contribution is -2.45. The van der Waals surface area contributed by atoms with E-state index < -0.39 is 12.0 Å². The summed E-state index contributed by atoms with van der Waals surface area (Å²) in [5.41, 5.74) is 2.14. The summed E-state index contributed by atoms with van der Waals surface area (Å²) >= 11 is 7.35. The quantitative estimate of drug-likeness (QED) is 0.107. The first kappa shape index (κ1) is 35.5. The smallest absolute Gasteiger partial charge is 0.328 e. The molecule has 1 unspecified atom stereocenters. The van der Waals surface area contributed by atoms with Gasteiger partial charge in [-0.2, -0.15) is 0 Å². The third kappa shape index (κ3) is 14.1. The van der Waals surface area contributed by atoms with Gasteiger partial charge < -0.3 is 4.74 Å². The maximum Gasteiger partial charge on any atom is 0.328 e. The van der Waals surface area contributed by atoms with E-state index in [2.05, 4.69) is 6.92 Å². The van der Waals surface area contributed by atoms with Crippen LogP contribution in [0.1, 0.15) is 128 Å². The Labute approximate surface area is 247 Å². The van der Waals surface area contributed by atoms with Crippen LogP contribution >= 0.6 is 23.4 Å². The standard InChI is InChI=1S/C32H52ClNO4S/c1-6-7-8-9-10-11-12-13-14-15-16-17-18-19-20-21-30(36)39-24-29(35)34(27(4)32(37)38-5)31-25(2)22-23-28(33)26(31)3/h22-23,27H,6-21,24H2,1-5H3. The zero-order valence-corrected chi connectivity index (χ0v) is 26.7. The van der Waals surface area contributed by atoms with E-state index in [0.717, 1.165) is 42.2 Å². The second-order valence-electron chi connectivity index (χ2n) is 10.7. The first-order chi connectivity index (χ1) is 18.7. The van der Waals surface area contributed by atoms with E-state index in [9.17, 15) is 14.4 Å². The first-order valence-electron chi connectivity index (χ1n) is 15.1. The first-order valence-corrected chi connectivity index (χ1v) is 16.4. The Hall–Kier alpha value is -1.53. The Morgan fingerprint density at radius 3 is 1.82 bits per heavy atom. The number of thioether (sulfide) groups is 1. The third-order valence-electron chi connectivity index (χ3n) is 7.35. The molecule has 0 aliphatic carbocycles. The zero-order chi connectivity index (χ0) is 29.0. The predicted octanol–water partition coefficient (Wildman–Crippen LogP) is 9.37. The van der Waals surface area contributed by atoms with Gasteiger partial charge in [0.1, 0.15) is 6.04 Å². The van der Waals surface area contributed by atoms with Crippen molar-refractivity contribution in [1.82, 2.24) is 0 Å². The van der Waals surface area contributed by atoms with E-state index in [4.69, 9.17) is 16.3 Å². The molecule has 0 fully saturated rings. The molecule has 0 spiro atoms. The number of halogens is 1. The van der Waals surface area contributed by atoms with Crippen LogP contribution in [0.4, 0.5) is 5.69 Å². The Morgan fingerprint density at radius 1 is 0.846 bits per heavy atom. The van der Waals surface area contributed by atoms with E-state index in [0.29, 0.717) is 17.1 Å². The van der Waals surface area contributed by atoms with Gasteiger partial charge in [0.25, 0.3) is 0 Å². The average Bonchev–Trinajstić information content (AvgIpc) is 2.93. The molecule has 1 rings (SSSR count). The van der Waals surface area contributed by atoms with E-state index in [-0.39, 0.29) is 16.8 Å². The zero-order valence-electron chi connectivity index (χ0n) is 25.1. The highest BCUT2D eigenvalue weighted by molar-refractivity contribution is 8.14. The molecule has 7 heteroatoms. The Balaban J connectivity index is 2.30. The van der Waals surface area contributed by atoms with Crippen LogP contribution in [-0.2, 0) is 19.1 Å². The van der Waals surface area contributed by atoms with Gasteiger partial charge in [0.05, 0.1) is 18.6 Å². The van der Waals surface area contributed by atoms with Crippen LogP contribution in [0.5, 0.6) is 0 Å². The lowest BCUT2D eigenvalue weighted by molar-refractivity contribution is -0.142. The van der Waals surface area contributed by atoms with Crippen LogP contribution in [-0.4, -0.2) is 35.9 Å². The molecule has 0 heterocycles. The molecular weight excluding hydrogens is 530 g/mol. The fraction of sp³-hybridized carbons (Fsp3) is 0.719. The summed E-state index contributed by atoms with van der Waals surface area (Å²) < 4.78 is 4.90. The maximum atomic E-state index is 13.2. The van der Waals surface area contributed by atoms with Crippen molar-refractivity contribution in [3.8, 4) is 0 Å². The van der Waals surface area contributed by atoms with Crippen LogP contribution < -0.4 is 4.90 Å². The molecule has 0 aliphatic rings. The molecule has 1 aromatic rings. The number of methoxy groups -OCH3 is 1. The molecule has 5 nitrogen and oxygen atoms in total. The molecule has 222 valence electrons. The molecular formula is C32H52ClNO4S. The Bertz CT molecular complexity index is 876. The van der Waals surface area contributed by atoms with Gasteiger partial charge in [-0.3, -0.25) is 14.5 Å². The minimum absolute atomic E-state index is 0.0169. The average molecular weight is 582 g/mol. The molecule has 0 saturated heterocycles. The minimum atomic E-state index is -0.829. The third-order valence-corrected chi connectivity index (χ3v) is 8.67. The number of amides is 1. The van der Waals surface area contributed by atoms with Gasteiger partial charge in [0.2, 0.25) is 5.91 Å². The molecule has 1 atom stereocenters. The Kier molecular flexibility index (Phi) is 19.3. The molecule has 1 amide bonds. The minimum Gasteiger partial charge on any atom is -0.467 e. The van der Waals surface area contributed by atoms with Gasteiger partial charge in [-0.25, -0.2) is 4.79 Å². The number of hydrogen-bond acceptors (Lipinski definition) is 5. The number of carbonyl (C=O) groups excluding carboxylic acids is 3. The van der Waals surface area contributed by atoms with Crippen LogP contribution in [0.25, 0.3) is 0 Å². The van der Waals surface area contributed by atoms with Gasteiger partial charge in [0.15, 0.2) is 5.12 Å². The van der Waals surface area contributed by atoms with E-state index in [1.54, 1.807) is 13.0 Å². The molecule has 0 N–H and O–H groups in total. The van der Waals surface area contributed by atoms with Crippen molar-refractivity contribution in [2.45, 2.75) is 136 Å². The summed E-state index contributed by atoms with van der Waals surface area (Å²) in [4.78, 5) is 39.5. The predicted molar refractivity (Wildman–Crippen MR) is 167 cm³/mol. The molecule has 0 radical (unpaired) electrons. The van der Waals surface area contributed by atoms with Gasteiger partial charge in [-0.1, -0.05) is 126 Å². The van der Waals surface area contributed by atoms with Crippen molar-refractivity contribution in [2.75, 3.05) is 17.8 Å². The van der Waals surface area contributed by atoms with Crippen molar-refractivity contribution < 1.29 is 19.1 Å². The molecule has 0 aliphatic heterocycles. The number of esters is 1. The topological polar surface area (TPSA) is 63.7 Å². The number of rotatable bonds is 21. The second kappa shape index (κ2) is 21.2. The van der Waals surface area contributed by atoms with Crippen LogP contribution in [0, 0.1) is 13.8 Å². The molecule has 39 heavy (non-hydrogen) atoms. The number of ether oxygens (including phenoxy) is 1. The highest BCUT2D eigenvalue weighted by atomic mass is 35.5. The second-order valence-corrected chi connectivity index (χ2v) is 12.1. The summed E-state index contributed by atoms with van der Waals surface area (Å²) in [6.45, 7) is 7.59. The monoisotopic (exact) mass is 581 g/mol. The van der Waals surface area contributed by atoms with Crippen LogP contribution in [0.15, 0.2) is 12.1 Å². The van der Waals surface area contributed by atoms with E-state index in [1.807, 2.05) is 19.9 Å². The van der Waals surface area contributed by atoms with Crippen molar-refractivity contribution in [1.29, 1.82) is 0 Å². The number of unbranched alkanes of at least 4 members (excludes halogenated alkanes) is 14. The van der Waals surface area contributed by atoms with E-state index >= 15 is 0 Å². The molecule has 0 saturated carbocycles. The fourth-order valence-electron chi connectivity index (χ4n) is 4.92. The van der Waals surface area contributed by atoms with Crippen molar-refractivity contribution in [3.05, 3.63) is 28.3 Å². The lowest BCUT2D eigenvalue weighted by atomic mass is 10.0. The SMILES string of the molecule is CCCCCCCCCCCCCCCCCC(=O)SCC(=O)N(c1c(C)ccc(Cl)c1C)C(C)C(=O)OC. The summed E-state index contributed by atoms with van der Waals surface area (Å²) in [6.07, 6.45) is 19.8. The highest BCUT2D eigenvalue weighted by Crippen LogP contribution is 2.32. The summed E-state index contributed by atoms with van der Waals surface area (Å²) in [7, 11) is 1.30. The maximum absolute atomic E-state index is 13.2. The summed E-state index contributed by atoms with van der Waals surface area (Å²) in [6, 6.07) is 2.77. The fourth-order valence-corrected chi connectivity index (χ4v) is 5.78. The van der Waals surface area contributed by atoms with E-state index in [1.165, 1.54) is 89.1 Å². The van der Waals surface area contributed by atoms with Crippen LogP contribution in [0.3, 0.4) is 0 Å².